The zero-order chi connectivity index (χ0) is 20.7. The van der Waals surface area contributed by atoms with E-state index < -0.39 is 6.36 Å². The Morgan fingerprint density at radius 1 is 0.931 bits per heavy atom. The lowest BCUT2D eigenvalue weighted by atomic mass is 10.2. The van der Waals surface area contributed by atoms with Gasteiger partial charge in [0.2, 0.25) is 0 Å². The summed E-state index contributed by atoms with van der Waals surface area (Å²) < 4.78 is 51.0. The van der Waals surface area contributed by atoms with E-state index >= 15 is 0 Å². The van der Waals surface area contributed by atoms with E-state index in [-0.39, 0.29) is 12.4 Å². The van der Waals surface area contributed by atoms with Gasteiger partial charge in [-0.25, -0.2) is 4.98 Å². The average molecular weight is 404 g/mol. The van der Waals surface area contributed by atoms with E-state index in [1.165, 1.54) is 43.9 Å². The molecule has 0 aliphatic rings. The van der Waals surface area contributed by atoms with Gasteiger partial charge in [0.25, 0.3) is 5.88 Å². The van der Waals surface area contributed by atoms with Crippen LogP contribution in [0.1, 0.15) is 5.56 Å². The molecule has 0 saturated carbocycles. The summed E-state index contributed by atoms with van der Waals surface area (Å²) in [5, 5.41) is 8.03. The Morgan fingerprint density at radius 2 is 1.55 bits per heavy atom. The maximum atomic E-state index is 12.1. The van der Waals surface area contributed by atoms with E-state index in [0.29, 0.717) is 23.0 Å². The van der Waals surface area contributed by atoms with E-state index in [1.54, 1.807) is 12.1 Å². The van der Waals surface area contributed by atoms with Crippen LogP contribution in [0.15, 0.2) is 71.3 Å². The third-order valence-corrected chi connectivity index (χ3v) is 3.53. The van der Waals surface area contributed by atoms with Gasteiger partial charge >= 0.3 is 6.36 Å². The molecule has 0 bridgehead atoms. The zero-order valence-corrected chi connectivity index (χ0v) is 15.1. The quantitative estimate of drug-likeness (QED) is 0.494. The number of ether oxygens (including phenoxy) is 3. The molecule has 0 radical (unpaired) electrons. The van der Waals surface area contributed by atoms with Crippen LogP contribution >= 0.6 is 0 Å². The van der Waals surface area contributed by atoms with Gasteiger partial charge in [0.15, 0.2) is 5.75 Å². The van der Waals surface area contributed by atoms with Crippen molar-refractivity contribution < 1.29 is 27.4 Å². The number of benzene rings is 2. The molecule has 29 heavy (non-hydrogen) atoms. The van der Waals surface area contributed by atoms with Crippen molar-refractivity contribution in [1.29, 1.82) is 0 Å². The molecule has 150 valence electrons. The first-order chi connectivity index (χ1) is 13.9. The number of aromatic nitrogens is 2. The Kier molecular flexibility index (Phi) is 6.22. The Morgan fingerprint density at radius 3 is 2.14 bits per heavy atom. The molecular formula is C19H15F3N4O3. The Labute approximate surface area is 163 Å². The smallest absolute Gasteiger partial charge is 0.490 e. The maximum Gasteiger partial charge on any atom is 0.573 e. The molecule has 0 amide bonds. The Balaban J connectivity index is 1.57. The normalized spacial score (nSPS) is 11.4. The van der Waals surface area contributed by atoms with Crippen LogP contribution in [-0.4, -0.2) is 23.4 Å². The molecule has 0 aliphatic heterocycles. The third kappa shape index (κ3) is 6.16. The highest BCUT2D eigenvalue weighted by molar-refractivity contribution is 5.43. The highest BCUT2D eigenvalue weighted by atomic mass is 19.4. The first kappa shape index (κ1) is 20.1. The highest BCUT2D eigenvalue weighted by Crippen LogP contribution is 2.26. The Hall–Kier alpha value is -3.69. The van der Waals surface area contributed by atoms with Crippen LogP contribution in [0.4, 0.5) is 24.5 Å². The fourth-order valence-corrected chi connectivity index (χ4v) is 2.19. The number of hydrogen-bond donors (Lipinski definition) is 0. The topological polar surface area (TPSA) is 78.2 Å². The van der Waals surface area contributed by atoms with E-state index in [9.17, 15) is 13.2 Å². The standard InChI is InChI=1S/C19H15F3N4O3/c1-27-17-10-23-12-24-18(17)28-11-13-2-4-14(5-3-13)25-26-15-6-8-16(9-7-15)29-19(20,21)22/h2-10,12H,11H2,1H3. The lowest BCUT2D eigenvalue weighted by molar-refractivity contribution is -0.274. The predicted octanol–water partition coefficient (Wildman–Crippen LogP) is 5.38. The number of azo groups is 1. The molecule has 0 unspecified atom stereocenters. The fraction of sp³-hybridized carbons (Fsp3) is 0.158. The largest absolute Gasteiger partial charge is 0.573 e. The van der Waals surface area contributed by atoms with Gasteiger partial charge in [-0.15, -0.1) is 13.2 Å². The molecule has 0 N–H and O–H groups in total. The number of hydrogen-bond acceptors (Lipinski definition) is 7. The lowest BCUT2D eigenvalue weighted by Gasteiger charge is -2.08. The van der Waals surface area contributed by atoms with E-state index in [0.717, 1.165) is 5.56 Å². The summed E-state index contributed by atoms with van der Waals surface area (Å²) in [4.78, 5) is 7.86. The van der Waals surface area contributed by atoms with Gasteiger partial charge in [0.05, 0.1) is 24.7 Å². The van der Waals surface area contributed by atoms with Crippen LogP contribution in [0, 0.1) is 0 Å². The molecule has 1 heterocycles. The molecule has 0 aliphatic carbocycles. The van der Waals surface area contributed by atoms with Gasteiger partial charge in [-0.3, -0.25) is 0 Å². The minimum Gasteiger partial charge on any atom is -0.490 e. The summed E-state index contributed by atoms with van der Waals surface area (Å²) >= 11 is 0. The van der Waals surface area contributed by atoms with Crippen molar-refractivity contribution in [3.8, 4) is 17.4 Å². The monoisotopic (exact) mass is 404 g/mol. The molecule has 1 aromatic heterocycles. The molecular weight excluding hydrogens is 389 g/mol. The van der Waals surface area contributed by atoms with E-state index in [4.69, 9.17) is 9.47 Å². The van der Waals surface area contributed by atoms with Crippen LogP contribution in [-0.2, 0) is 6.61 Å². The van der Waals surface area contributed by atoms with Crippen LogP contribution in [0.2, 0.25) is 0 Å². The first-order valence-electron chi connectivity index (χ1n) is 8.26. The average Bonchev–Trinajstić information content (AvgIpc) is 2.71. The highest BCUT2D eigenvalue weighted by Gasteiger charge is 2.30. The van der Waals surface area contributed by atoms with Gasteiger partial charge in [-0.05, 0) is 42.0 Å². The van der Waals surface area contributed by atoms with Gasteiger partial charge in [0.1, 0.15) is 18.7 Å². The van der Waals surface area contributed by atoms with E-state index in [2.05, 4.69) is 24.9 Å². The fourth-order valence-electron chi connectivity index (χ4n) is 2.19. The van der Waals surface area contributed by atoms with Gasteiger partial charge in [-0.1, -0.05) is 12.1 Å². The van der Waals surface area contributed by atoms with Gasteiger partial charge < -0.3 is 14.2 Å². The molecule has 0 atom stereocenters. The summed E-state index contributed by atoms with van der Waals surface area (Å²) in [5.74, 6) is 0.454. The number of nitrogens with zero attached hydrogens (tertiary/aromatic N) is 4. The van der Waals surface area contributed by atoms with Crippen LogP contribution in [0.3, 0.4) is 0 Å². The number of methoxy groups -OCH3 is 1. The minimum absolute atomic E-state index is 0.269. The van der Waals surface area contributed by atoms with Crippen molar-refractivity contribution in [1.82, 2.24) is 9.97 Å². The predicted molar refractivity (Wildman–Crippen MR) is 96.7 cm³/mol. The van der Waals surface area contributed by atoms with Crippen molar-refractivity contribution in [2.45, 2.75) is 13.0 Å². The number of halogens is 3. The Bertz CT molecular complexity index is 962. The molecule has 10 heteroatoms. The van der Waals surface area contributed by atoms with Crippen molar-refractivity contribution in [3.63, 3.8) is 0 Å². The first-order valence-corrected chi connectivity index (χ1v) is 8.26. The molecule has 7 nitrogen and oxygen atoms in total. The van der Waals surface area contributed by atoms with Crippen LogP contribution in [0.25, 0.3) is 0 Å². The third-order valence-electron chi connectivity index (χ3n) is 3.53. The number of alkyl halides is 3. The van der Waals surface area contributed by atoms with Crippen LogP contribution < -0.4 is 14.2 Å². The molecule has 0 fully saturated rings. The maximum absolute atomic E-state index is 12.1. The minimum atomic E-state index is -4.73. The summed E-state index contributed by atoms with van der Waals surface area (Å²) in [5.41, 5.74) is 1.84. The molecule has 0 saturated heterocycles. The van der Waals surface area contributed by atoms with Crippen molar-refractivity contribution in [2.24, 2.45) is 10.2 Å². The summed E-state index contributed by atoms with van der Waals surface area (Å²) in [6.07, 6.45) is -1.86. The van der Waals surface area contributed by atoms with Gasteiger partial charge in [0, 0.05) is 0 Å². The number of rotatable bonds is 7. The van der Waals surface area contributed by atoms with Gasteiger partial charge in [-0.2, -0.15) is 15.2 Å². The van der Waals surface area contributed by atoms with Crippen molar-refractivity contribution in [2.75, 3.05) is 7.11 Å². The molecule has 2 aromatic carbocycles. The molecule has 3 aromatic rings. The second-order valence-corrected chi connectivity index (χ2v) is 5.59. The molecule has 3 rings (SSSR count). The van der Waals surface area contributed by atoms with Crippen LogP contribution in [0.5, 0.6) is 17.4 Å². The second kappa shape index (κ2) is 9.00. The summed E-state index contributed by atoms with van der Waals surface area (Å²) in [7, 11) is 1.50. The van der Waals surface area contributed by atoms with Crippen molar-refractivity contribution in [3.05, 3.63) is 66.6 Å². The summed E-state index contributed by atoms with van der Waals surface area (Å²) in [6, 6.07) is 12.2. The molecule has 0 spiro atoms. The second-order valence-electron chi connectivity index (χ2n) is 5.59. The lowest BCUT2D eigenvalue weighted by Crippen LogP contribution is -2.16. The zero-order valence-electron chi connectivity index (χ0n) is 15.1. The van der Waals surface area contributed by atoms with E-state index in [1.807, 2.05) is 12.1 Å². The SMILES string of the molecule is COc1cncnc1OCc1ccc(N=Nc2ccc(OC(F)(F)F)cc2)cc1. The van der Waals surface area contributed by atoms with Crippen molar-refractivity contribution >= 4 is 11.4 Å². The summed E-state index contributed by atoms with van der Waals surface area (Å²) in [6.45, 7) is 0.269.